The van der Waals surface area contributed by atoms with Crippen LogP contribution in [0.4, 0.5) is 4.79 Å². The molecule has 0 aromatic carbocycles. The van der Waals surface area contributed by atoms with Crippen LogP contribution >= 0.6 is 15.9 Å². The van der Waals surface area contributed by atoms with E-state index in [0.717, 1.165) is 5.33 Å². The van der Waals surface area contributed by atoms with Crippen LogP contribution in [0.15, 0.2) is 0 Å². The zero-order chi connectivity index (χ0) is 7.82. The van der Waals surface area contributed by atoms with Crippen molar-refractivity contribution in [3.8, 4) is 0 Å². The van der Waals surface area contributed by atoms with Crippen LogP contribution in [0.5, 0.6) is 0 Å². The van der Waals surface area contributed by atoms with E-state index in [1.165, 1.54) is 7.11 Å². The first-order valence-corrected chi connectivity index (χ1v) is 3.89. The van der Waals surface area contributed by atoms with E-state index in [9.17, 15) is 4.79 Å². The van der Waals surface area contributed by atoms with Gasteiger partial charge in [0.15, 0.2) is 0 Å². The lowest BCUT2D eigenvalue weighted by Gasteiger charge is -2.02. The van der Waals surface area contributed by atoms with Crippen LogP contribution in [0, 0.1) is 0 Å². The maximum Gasteiger partial charge on any atom is 0.408 e. The van der Waals surface area contributed by atoms with Gasteiger partial charge in [-0.2, -0.15) is 0 Å². The van der Waals surface area contributed by atoms with Crippen LogP contribution in [0.3, 0.4) is 0 Å². The van der Waals surface area contributed by atoms with Gasteiger partial charge in [-0.05, 0) is 0 Å². The van der Waals surface area contributed by atoms with Crippen LogP contribution in [0.2, 0.25) is 0 Å². The average molecular weight is 212 g/mol. The number of nitrogens with one attached hydrogen (secondary N) is 1. The Morgan fingerprint density at radius 1 is 1.70 bits per heavy atom. The van der Waals surface area contributed by atoms with Crippen molar-refractivity contribution < 1.29 is 14.3 Å². The molecular weight excluding hydrogens is 202 g/mol. The molecule has 0 saturated heterocycles. The monoisotopic (exact) mass is 211 g/mol. The normalized spacial score (nSPS) is 9.00. The second-order valence-electron chi connectivity index (χ2n) is 1.41. The molecule has 1 amide bonds. The Hall–Kier alpha value is -0.290. The summed E-state index contributed by atoms with van der Waals surface area (Å²) in [5.41, 5.74) is 0. The van der Waals surface area contributed by atoms with E-state index in [2.05, 4.69) is 26.0 Å². The van der Waals surface area contributed by atoms with Gasteiger partial charge in [0.1, 0.15) is 6.73 Å². The highest BCUT2D eigenvalue weighted by Crippen LogP contribution is 1.79. The number of ether oxygens (including phenoxy) is 2. The number of hydrogen-bond acceptors (Lipinski definition) is 3. The topological polar surface area (TPSA) is 47.6 Å². The summed E-state index contributed by atoms with van der Waals surface area (Å²) in [6.45, 7) is 0.766. The Morgan fingerprint density at radius 2 is 2.40 bits per heavy atom. The Kier molecular flexibility index (Phi) is 6.63. The zero-order valence-corrected chi connectivity index (χ0v) is 7.31. The number of alkyl carbamates (subject to hydrolysis) is 1. The van der Waals surface area contributed by atoms with Gasteiger partial charge in [-0.3, -0.25) is 5.32 Å². The first-order valence-electron chi connectivity index (χ1n) is 2.76. The van der Waals surface area contributed by atoms with Gasteiger partial charge in [-0.1, -0.05) is 15.9 Å². The van der Waals surface area contributed by atoms with Crippen molar-refractivity contribution in [2.24, 2.45) is 0 Å². The first kappa shape index (κ1) is 9.71. The number of rotatable bonds is 4. The summed E-state index contributed by atoms with van der Waals surface area (Å²) >= 11 is 3.16. The Morgan fingerprint density at radius 3 is 2.90 bits per heavy atom. The Bertz CT molecular complexity index is 98.9. The number of halogens is 1. The summed E-state index contributed by atoms with van der Waals surface area (Å²) in [5.74, 6) is 0. The van der Waals surface area contributed by atoms with Crippen LogP contribution in [-0.4, -0.2) is 31.9 Å². The average Bonchev–Trinajstić information content (AvgIpc) is 1.98. The third-order valence-corrected chi connectivity index (χ3v) is 1.05. The molecule has 0 fully saturated rings. The molecule has 0 saturated carbocycles. The molecule has 0 heterocycles. The van der Waals surface area contributed by atoms with Crippen LogP contribution in [-0.2, 0) is 9.47 Å². The molecule has 4 nitrogen and oxygen atoms in total. The van der Waals surface area contributed by atoms with Crippen molar-refractivity contribution in [2.75, 3.05) is 25.8 Å². The van der Waals surface area contributed by atoms with E-state index in [-0.39, 0.29) is 6.73 Å². The van der Waals surface area contributed by atoms with Gasteiger partial charge in [0.05, 0.1) is 13.7 Å². The summed E-state index contributed by atoms with van der Waals surface area (Å²) in [7, 11) is 1.31. The first-order chi connectivity index (χ1) is 4.81. The number of amides is 1. The summed E-state index contributed by atoms with van der Waals surface area (Å²) < 4.78 is 9.19. The fourth-order valence-electron chi connectivity index (χ4n) is 0.309. The number of methoxy groups -OCH3 is 1. The summed E-state index contributed by atoms with van der Waals surface area (Å²) in [5, 5.41) is 3.12. The lowest BCUT2D eigenvalue weighted by Crippen LogP contribution is -2.26. The molecule has 1 N–H and O–H groups in total. The number of hydrogen-bond donors (Lipinski definition) is 1. The molecule has 0 spiro atoms. The van der Waals surface area contributed by atoms with E-state index in [4.69, 9.17) is 4.74 Å². The fourth-order valence-corrected chi connectivity index (χ4v) is 0.538. The molecule has 0 rings (SSSR count). The lowest BCUT2D eigenvalue weighted by atomic mass is 10.9. The van der Waals surface area contributed by atoms with Crippen LogP contribution in [0.1, 0.15) is 0 Å². The minimum Gasteiger partial charge on any atom is -0.453 e. The fraction of sp³-hybridized carbons (Fsp3) is 0.800. The van der Waals surface area contributed by atoms with Crippen LogP contribution in [0.25, 0.3) is 0 Å². The predicted molar refractivity (Wildman–Crippen MR) is 40.2 cm³/mol. The molecule has 5 heteroatoms. The third kappa shape index (κ3) is 5.84. The van der Waals surface area contributed by atoms with Gasteiger partial charge < -0.3 is 9.47 Å². The quantitative estimate of drug-likeness (QED) is 0.424. The molecule has 60 valence electrons. The number of carbonyl (C=O) groups is 1. The van der Waals surface area contributed by atoms with Gasteiger partial charge in [-0.15, -0.1) is 0 Å². The second kappa shape index (κ2) is 6.82. The lowest BCUT2D eigenvalue weighted by molar-refractivity contribution is 0.114. The van der Waals surface area contributed by atoms with Gasteiger partial charge in [0, 0.05) is 5.33 Å². The molecule has 10 heavy (non-hydrogen) atoms. The van der Waals surface area contributed by atoms with E-state index in [1.807, 2.05) is 0 Å². The largest absolute Gasteiger partial charge is 0.453 e. The molecule has 0 aliphatic carbocycles. The van der Waals surface area contributed by atoms with Crippen LogP contribution < -0.4 is 5.32 Å². The summed E-state index contributed by atoms with van der Waals surface area (Å²) in [6.07, 6.45) is -0.477. The smallest absolute Gasteiger partial charge is 0.408 e. The van der Waals surface area contributed by atoms with Gasteiger partial charge >= 0.3 is 6.09 Å². The molecule has 0 aromatic heterocycles. The van der Waals surface area contributed by atoms with E-state index >= 15 is 0 Å². The molecule has 0 unspecified atom stereocenters. The van der Waals surface area contributed by atoms with Gasteiger partial charge in [0.25, 0.3) is 0 Å². The highest BCUT2D eigenvalue weighted by atomic mass is 79.9. The minimum absolute atomic E-state index is 0.193. The van der Waals surface area contributed by atoms with Gasteiger partial charge in [-0.25, -0.2) is 4.79 Å². The SMILES string of the molecule is COC(=O)NCOCCBr. The molecule has 0 aliphatic rings. The number of carbonyl (C=O) groups excluding carboxylic acids is 1. The maximum absolute atomic E-state index is 10.3. The van der Waals surface area contributed by atoms with Gasteiger partial charge in [0.2, 0.25) is 0 Å². The standard InChI is InChI=1S/C5H10BrNO3/c1-9-5(8)7-4-10-3-2-6/h2-4H2,1H3,(H,7,8). The molecule has 0 bridgehead atoms. The van der Waals surface area contributed by atoms with Crippen molar-refractivity contribution in [2.45, 2.75) is 0 Å². The molecule has 0 radical (unpaired) electrons. The van der Waals surface area contributed by atoms with Crippen molar-refractivity contribution in [1.82, 2.24) is 5.32 Å². The highest BCUT2D eigenvalue weighted by Gasteiger charge is 1.94. The van der Waals surface area contributed by atoms with E-state index in [1.54, 1.807) is 0 Å². The molecule has 0 aliphatic heterocycles. The zero-order valence-electron chi connectivity index (χ0n) is 5.72. The van der Waals surface area contributed by atoms with Crippen molar-refractivity contribution in [3.05, 3.63) is 0 Å². The van der Waals surface area contributed by atoms with E-state index < -0.39 is 6.09 Å². The third-order valence-electron chi connectivity index (χ3n) is 0.725. The molecular formula is C5H10BrNO3. The number of alkyl halides is 1. The van der Waals surface area contributed by atoms with Crippen molar-refractivity contribution in [1.29, 1.82) is 0 Å². The Labute approximate surface area is 68.0 Å². The van der Waals surface area contributed by atoms with Crippen molar-refractivity contribution >= 4 is 22.0 Å². The highest BCUT2D eigenvalue weighted by molar-refractivity contribution is 9.09. The summed E-state index contributed by atoms with van der Waals surface area (Å²) in [4.78, 5) is 10.3. The molecule has 0 aromatic rings. The Balaban J connectivity index is 2.96. The molecule has 0 atom stereocenters. The summed E-state index contributed by atoms with van der Waals surface area (Å²) in [6, 6.07) is 0. The second-order valence-corrected chi connectivity index (χ2v) is 2.20. The predicted octanol–water partition coefficient (Wildman–Crippen LogP) is 0.711. The minimum atomic E-state index is -0.477. The maximum atomic E-state index is 10.3. The van der Waals surface area contributed by atoms with E-state index in [0.29, 0.717) is 6.61 Å². The van der Waals surface area contributed by atoms with Crippen molar-refractivity contribution in [3.63, 3.8) is 0 Å².